The highest BCUT2D eigenvalue weighted by Crippen LogP contribution is 2.25. The van der Waals surface area contributed by atoms with E-state index in [0.717, 1.165) is 19.6 Å². The Morgan fingerprint density at radius 3 is 2.50 bits per heavy atom. The number of nitrogens with zero attached hydrogens (tertiary/aromatic N) is 1. The number of rotatable bonds is 2. The zero-order chi connectivity index (χ0) is 10.8. The van der Waals surface area contributed by atoms with Crippen LogP contribution in [0.3, 0.4) is 0 Å². The molecule has 92 valence electrons. The van der Waals surface area contributed by atoms with E-state index in [0.29, 0.717) is 12.1 Å². The van der Waals surface area contributed by atoms with Crippen LogP contribution in [0.2, 0.25) is 0 Å². The lowest BCUT2D eigenvalue weighted by Crippen LogP contribution is -2.54. The zero-order valence-electron chi connectivity index (χ0n) is 9.57. The molecule has 0 saturated carbocycles. The van der Waals surface area contributed by atoms with Crippen molar-refractivity contribution in [3.05, 3.63) is 20.8 Å². The van der Waals surface area contributed by atoms with Gasteiger partial charge < -0.3 is 5.32 Å². The molecule has 1 saturated heterocycles. The van der Waals surface area contributed by atoms with Crippen LogP contribution in [0.1, 0.15) is 18.7 Å². The number of halogens is 2. The number of thiophene rings is 1. The van der Waals surface area contributed by atoms with E-state index in [1.54, 1.807) is 0 Å². The van der Waals surface area contributed by atoms with E-state index >= 15 is 0 Å². The molecule has 2 rings (SSSR count). The molecular weight excluding hydrogens is 308 g/mol. The van der Waals surface area contributed by atoms with Gasteiger partial charge in [-0.05, 0) is 41.9 Å². The third-order valence-electron chi connectivity index (χ3n) is 2.98. The molecule has 0 radical (unpaired) electrons. The molecule has 1 aromatic rings. The third kappa shape index (κ3) is 3.44. The van der Waals surface area contributed by atoms with E-state index in [2.05, 4.69) is 52.1 Å². The van der Waals surface area contributed by atoms with Crippen LogP contribution in [-0.2, 0) is 6.54 Å². The Bertz CT molecular complexity index is 322. The first-order valence-electron chi connectivity index (χ1n) is 5.37. The van der Waals surface area contributed by atoms with Gasteiger partial charge in [-0.2, -0.15) is 0 Å². The molecule has 0 spiro atoms. The monoisotopic (exact) mass is 324 g/mol. The average Bonchev–Trinajstić information content (AvgIpc) is 2.58. The van der Waals surface area contributed by atoms with Gasteiger partial charge in [-0.1, -0.05) is 0 Å². The van der Waals surface area contributed by atoms with Crippen LogP contribution in [0, 0.1) is 0 Å². The van der Waals surface area contributed by atoms with Gasteiger partial charge in [0.1, 0.15) is 0 Å². The van der Waals surface area contributed by atoms with Crippen LogP contribution >= 0.6 is 39.7 Å². The van der Waals surface area contributed by atoms with Crippen LogP contribution in [0.15, 0.2) is 15.9 Å². The molecule has 5 heteroatoms. The molecule has 0 amide bonds. The molecule has 0 unspecified atom stereocenters. The lowest BCUT2D eigenvalue weighted by molar-refractivity contribution is 0.110. The van der Waals surface area contributed by atoms with Gasteiger partial charge in [-0.25, -0.2) is 0 Å². The molecule has 1 fully saturated rings. The first-order valence-corrected chi connectivity index (χ1v) is 6.98. The van der Waals surface area contributed by atoms with Gasteiger partial charge in [-0.15, -0.1) is 23.7 Å². The SMILES string of the molecule is C[C@@H]1CNC[C@H](C)N1Cc1ccc(Br)s1.Cl. The fourth-order valence-corrected chi connectivity index (χ4v) is 3.59. The largest absolute Gasteiger partial charge is 0.314 e. The topological polar surface area (TPSA) is 15.3 Å². The maximum absolute atomic E-state index is 3.51. The molecule has 1 N–H and O–H groups in total. The first kappa shape index (κ1) is 14.5. The van der Waals surface area contributed by atoms with Crippen molar-refractivity contribution in [1.82, 2.24) is 10.2 Å². The smallest absolute Gasteiger partial charge is 0.0701 e. The Balaban J connectivity index is 0.00000128. The van der Waals surface area contributed by atoms with E-state index in [1.807, 2.05) is 11.3 Å². The fourth-order valence-electron chi connectivity index (χ4n) is 2.10. The lowest BCUT2D eigenvalue weighted by atomic mass is 10.1. The summed E-state index contributed by atoms with van der Waals surface area (Å²) >= 11 is 5.35. The Morgan fingerprint density at radius 2 is 2.00 bits per heavy atom. The second-order valence-electron chi connectivity index (χ2n) is 4.23. The minimum absolute atomic E-state index is 0. The molecule has 1 aliphatic rings. The van der Waals surface area contributed by atoms with Crippen LogP contribution in [0.5, 0.6) is 0 Å². The summed E-state index contributed by atoms with van der Waals surface area (Å²) in [6.07, 6.45) is 0. The van der Waals surface area contributed by atoms with Gasteiger partial charge in [0.15, 0.2) is 0 Å². The summed E-state index contributed by atoms with van der Waals surface area (Å²) in [6, 6.07) is 5.62. The minimum Gasteiger partial charge on any atom is -0.314 e. The molecule has 2 heterocycles. The Morgan fingerprint density at radius 1 is 1.38 bits per heavy atom. The molecule has 0 bridgehead atoms. The van der Waals surface area contributed by atoms with Gasteiger partial charge in [-0.3, -0.25) is 4.90 Å². The summed E-state index contributed by atoms with van der Waals surface area (Å²) in [6.45, 7) is 7.89. The van der Waals surface area contributed by atoms with E-state index in [1.165, 1.54) is 8.66 Å². The Labute approximate surface area is 116 Å². The average molecular weight is 326 g/mol. The van der Waals surface area contributed by atoms with E-state index < -0.39 is 0 Å². The highest BCUT2D eigenvalue weighted by molar-refractivity contribution is 9.11. The predicted molar refractivity (Wildman–Crippen MR) is 76.6 cm³/mol. The molecular formula is C11H18BrClN2S. The number of piperazine rings is 1. The van der Waals surface area contributed by atoms with Gasteiger partial charge in [0.25, 0.3) is 0 Å². The molecule has 2 nitrogen and oxygen atoms in total. The third-order valence-corrected chi connectivity index (χ3v) is 4.59. The second-order valence-corrected chi connectivity index (χ2v) is 6.78. The first-order chi connectivity index (χ1) is 7.16. The highest BCUT2D eigenvalue weighted by Gasteiger charge is 2.24. The molecule has 1 aliphatic heterocycles. The van der Waals surface area contributed by atoms with Gasteiger partial charge >= 0.3 is 0 Å². The molecule has 2 atom stereocenters. The summed E-state index contributed by atoms with van der Waals surface area (Å²) in [4.78, 5) is 4.02. The summed E-state index contributed by atoms with van der Waals surface area (Å²) in [7, 11) is 0. The van der Waals surface area contributed by atoms with E-state index in [4.69, 9.17) is 0 Å². The van der Waals surface area contributed by atoms with Crippen molar-refractivity contribution in [1.29, 1.82) is 0 Å². The van der Waals surface area contributed by atoms with Crippen molar-refractivity contribution in [2.45, 2.75) is 32.5 Å². The predicted octanol–water partition coefficient (Wildman–Crippen LogP) is 3.11. The number of hydrogen-bond donors (Lipinski definition) is 1. The zero-order valence-corrected chi connectivity index (χ0v) is 12.8. The summed E-state index contributed by atoms with van der Waals surface area (Å²) < 4.78 is 1.23. The van der Waals surface area contributed by atoms with Gasteiger partial charge in [0, 0.05) is 36.6 Å². The van der Waals surface area contributed by atoms with Crippen LogP contribution in [0.25, 0.3) is 0 Å². The van der Waals surface area contributed by atoms with Crippen LogP contribution < -0.4 is 5.32 Å². The molecule has 0 aliphatic carbocycles. The minimum atomic E-state index is 0. The number of hydrogen-bond acceptors (Lipinski definition) is 3. The summed E-state index contributed by atoms with van der Waals surface area (Å²) in [5, 5.41) is 3.46. The van der Waals surface area contributed by atoms with E-state index in [9.17, 15) is 0 Å². The number of nitrogens with one attached hydrogen (secondary N) is 1. The van der Waals surface area contributed by atoms with Crippen molar-refractivity contribution in [3.63, 3.8) is 0 Å². The van der Waals surface area contributed by atoms with Crippen molar-refractivity contribution < 1.29 is 0 Å². The van der Waals surface area contributed by atoms with E-state index in [-0.39, 0.29) is 12.4 Å². The van der Waals surface area contributed by atoms with Crippen LogP contribution in [0.4, 0.5) is 0 Å². The maximum Gasteiger partial charge on any atom is 0.0701 e. The Hall–Kier alpha value is 0.390. The standard InChI is InChI=1S/C11H17BrN2S.ClH/c1-8-5-13-6-9(2)14(8)7-10-3-4-11(12)15-10;/h3-4,8-9,13H,5-7H2,1-2H3;1H/t8-,9+;. The van der Waals surface area contributed by atoms with Crippen molar-refractivity contribution in [3.8, 4) is 0 Å². The van der Waals surface area contributed by atoms with Crippen LogP contribution in [-0.4, -0.2) is 30.1 Å². The fraction of sp³-hybridized carbons (Fsp3) is 0.636. The van der Waals surface area contributed by atoms with Crippen molar-refractivity contribution >= 4 is 39.7 Å². The quantitative estimate of drug-likeness (QED) is 0.899. The lowest BCUT2D eigenvalue weighted by Gasteiger charge is -2.39. The summed E-state index contributed by atoms with van der Waals surface area (Å²) in [5.74, 6) is 0. The molecule has 0 aromatic carbocycles. The normalized spacial score (nSPS) is 26.4. The second kappa shape index (κ2) is 6.36. The molecule has 1 aromatic heterocycles. The Kier molecular flexibility index (Phi) is 5.74. The molecule has 16 heavy (non-hydrogen) atoms. The van der Waals surface area contributed by atoms with Crippen molar-refractivity contribution in [2.24, 2.45) is 0 Å². The van der Waals surface area contributed by atoms with Crippen molar-refractivity contribution in [2.75, 3.05) is 13.1 Å². The van der Waals surface area contributed by atoms with Gasteiger partial charge in [0.05, 0.1) is 3.79 Å². The highest BCUT2D eigenvalue weighted by atomic mass is 79.9. The summed E-state index contributed by atoms with van der Waals surface area (Å²) in [5.41, 5.74) is 0. The van der Waals surface area contributed by atoms with Gasteiger partial charge in [0.2, 0.25) is 0 Å². The maximum atomic E-state index is 3.51.